The maximum absolute atomic E-state index is 7.47. The van der Waals surface area contributed by atoms with Gasteiger partial charge in [0.05, 0.1) is 4.90 Å². The third-order valence-corrected chi connectivity index (χ3v) is 2.86. The van der Waals surface area contributed by atoms with Gasteiger partial charge in [-0.3, -0.25) is 0 Å². The molecule has 1 aromatic carbocycles. The quantitative estimate of drug-likeness (QED) is 0.787. The van der Waals surface area contributed by atoms with Gasteiger partial charge in [0.2, 0.25) is 0 Å². The van der Waals surface area contributed by atoms with Crippen LogP contribution in [0, 0.1) is 0 Å². The SMILES string of the molecule is CC([NH-])Cc1ccc2c(c1)OCS2.[Cd]. The van der Waals surface area contributed by atoms with E-state index in [2.05, 4.69) is 18.2 Å². The predicted octanol–water partition coefficient (Wildman–Crippen LogP) is 3.11. The van der Waals surface area contributed by atoms with E-state index in [1.807, 2.05) is 6.92 Å². The molecule has 0 fully saturated rings. The minimum atomic E-state index is -0.0351. The number of fused-ring (bicyclic) bond motifs is 1. The number of ether oxygens (including phenoxy) is 1. The second-order valence-corrected chi connectivity index (χ2v) is 4.26. The molecule has 0 bridgehead atoms. The van der Waals surface area contributed by atoms with Crippen LogP contribution in [0.15, 0.2) is 23.1 Å². The maximum atomic E-state index is 7.47. The van der Waals surface area contributed by atoms with Crippen LogP contribution >= 0.6 is 11.8 Å². The molecule has 0 aromatic heterocycles. The number of hydrogen-bond acceptors (Lipinski definition) is 2. The third kappa shape index (κ3) is 2.87. The van der Waals surface area contributed by atoms with Gasteiger partial charge in [0.1, 0.15) is 11.7 Å². The van der Waals surface area contributed by atoms with Crippen molar-refractivity contribution in [1.29, 1.82) is 0 Å². The largest absolute Gasteiger partial charge is 0.675 e. The van der Waals surface area contributed by atoms with Gasteiger partial charge < -0.3 is 10.5 Å². The first-order valence-electron chi connectivity index (χ1n) is 4.35. The van der Waals surface area contributed by atoms with Crippen molar-refractivity contribution < 1.29 is 32.0 Å². The Morgan fingerprint density at radius 1 is 1.57 bits per heavy atom. The molecule has 2 nitrogen and oxygen atoms in total. The molecule has 1 aromatic rings. The summed E-state index contributed by atoms with van der Waals surface area (Å²) in [6, 6.07) is 6.20. The van der Waals surface area contributed by atoms with E-state index in [1.165, 1.54) is 10.5 Å². The van der Waals surface area contributed by atoms with E-state index in [-0.39, 0.29) is 33.3 Å². The molecule has 2 rings (SSSR count). The number of thioether (sulfide) groups is 1. The Kier molecular flexibility index (Phi) is 4.72. The first kappa shape index (κ1) is 12.3. The van der Waals surface area contributed by atoms with Crippen LogP contribution in [0.4, 0.5) is 0 Å². The molecule has 0 saturated carbocycles. The van der Waals surface area contributed by atoms with Crippen molar-refractivity contribution in [2.45, 2.75) is 24.3 Å². The molecule has 1 unspecified atom stereocenters. The topological polar surface area (TPSA) is 33.0 Å². The molecule has 0 radical (unpaired) electrons. The van der Waals surface area contributed by atoms with Crippen LogP contribution in [0.1, 0.15) is 12.5 Å². The fourth-order valence-electron chi connectivity index (χ4n) is 1.42. The average Bonchev–Trinajstić information content (AvgIpc) is 2.49. The number of rotatable bonds is 2. The second kappa shape index (κ2) is 5.37. The van der Waals surface area contributed by atoms with Crippen LogP contribution in [0.3, 0.4) is 0 Å². The normalized spacial score (nSPS) is 15.3. The monoisotopic (exact) mass is 308 g/mol. The molecular weight excluding hydrogens is 295 g/mol. The summed E-state index contributed by atoms with van der Waals surface area (Å²) in [5.41, 5.74) is 8.66. The van der Waals surface area contributed by atoms with Crippen molar-refractivity contribution >= 4 is 11.8 Å². The Bertz CT molecular complexity index is 317. The average molecular weight is 307 g/mol. The standard InChI is InChI=1S/C10H12NOS.Cd/c1-7(11)4-8-2-3-10-9(5-8)12-6-13-10;/h2-3,5,7,11H,4,6H2,1H3;/q-1;. The Morgan fingerprint density at radius 2 is 2.36 bits per heavy atom. The molecule has 14 heavy (non-hydrogen) atoms. The summed E-state index contributed by atoms with van der Waals surface area (Å²) < 4.78 is 5.42. The first-order valence-corrected chi connectivity index (χ1v) is 5.34. The van der Waals surface area contributed by atoms with Gasteiger partial charge in [0.15, 0.2) is 0 Å². The van der Waals surface area contributed by atoms with Crippen LogP contribution in [0.2, 0.25) is 0 Å². The van der Waals surface area contributed by atoms with E-state index in [0.717, 1.165) is 18.1 Å². The van der Waals surface area contributed by atoms with Gasteiger partial charge in [-0.1, -0.05) is 24.8 Å². The summed E-state index contributed by atoms with van der Waals surface area (Å²) in [6.45, 7) is 1.91. The molecule has 1 aliphatic heterocycles. The summed E-state index contributed by atoms with van der Waals surface area (Å²) >= 11 is 1.73. The zero-order valence-corrected chi connectivity index (χ0v) is 13.1. The zero-order valence-electron chi connectivity index (χ0n) is 8.25. The summed E-state index contributed by atoms with van der Waals surface area (Å²) in [4.78, 5) is 1.22. The molecule has 4 heteroatoms. The van der Waals surface area contributed by atoms with Crippen LogP contribution in [-0.2, 0) is 33.7 Å². The van der Waals surface area contributed by atoms with E-state index in [0.29, 0.717) is 0 Å². The van der Waals surface area contributed by atoms with E-state index in [4.69, 9.17) is 10.5 Å². The smallest absolute Gasteiger partial charge is 0.138 e. The molecule has 1 aliphatic rings. The minimum Gasteiger partial charge on any atom is -0.675 e. The predicted molar refractivity (Wildman–Crippen MR) is 55.3 cm³/mol. The molecule has 1 atom stereocenters. The fourth-order valence-corrected chi connectivity index (χ4v) is 2.16. The first-order chi connectivity index (χ1) is 6.25. The third-order valence-electron chi connectivity index (χ3n) is 1.98. The molecule has 0 aliphatic carbocycles. The van der Waals surface area contributed by atoms with Crippen molar-refractivity contribution in [3.63, 3.8) is 0 Å². The van der Waals surface area contributed by atoms with E-state index in [1.54, 1.807) is 11.8 Å². The fraction of sp³-hybridized carbons (Fsp3) is 0.400. The van der Waals surface area contributed by atoms with Gasteiger partial charge in [0.25, 0.3) is 0 Å². The van der Waals surface area contributed by atoms with Crippen LogP contribution in [-0.4, -0.2) is 12.0 Å². The minimum absolute atomic E-state index is 0. The maximum Gasteiger partial charge on any atom is 0.138 e. The van der Waals surface area contributed by atoms with Crippen LogP contribution < -0.4 is 4.74 Å². The summed E-state index contributed by atoms with van der Waals surface area (Å²) in [5, 5.41) is 0. The van der Waals surface area contributed by atoms with Crippen LogP contribution in [0.25, 0.3) is 5.73 Å². The molecule has 0 saturated heterocycles. The Hall–Kier alpha value is 0.252. The summed E-state index contributed by atoms with van der Waals surface area (Å²) in [7, 11) is 0. The van der Waals surface area contributed by atoms with Gasteiger partial charge in [0, 0.05) is 27.3 Å². The van der Waals surface area contributed by atoms with Crippen molar-refractivity contribution in [2.75, 3.05) is 5.94 Å². The molecule has 1 N–H and O–H groups in total. The summed E-state index contributed by atoms with van der Waals surface area (Å²) in [5.74, 6) is 1.72. The Labute approximate surface area is 109 Å². The van der Waals surface area contributed by atoms with E-state index < -0.39 is 0 Å². The van der Waals surface area contributed by atoms with Crippen molar-refractivity contribution in [1.82, 2.24) is 0 Å². The molecule has 0 spiro atoms. The molecule has 1 heterocycles. The molecule has 72 valence electrons. The number of benzene rings is 1. The second-order valence-electron chi connectivity index (χ2n) is 3.29. The number of nitrogens with one attached hydrogen (secondary N) is 1. The van der Waals surface area contributed by atoms with Gasteiger partial charge >= 0.3 is 0 Å². The zero-order chi connectivity index (χ0) is 9.26. The van der Waals surface area contributed by atoms with Gasteiger partial charge in [-0.2, -0.15) is 0 Å². The van der Waals surface area contributed by atoms with Gasteiger partial charge in [-0.05, 0) is 24.1 Å². The number of hydrogen-bond donors (Lipinski definition) is 0. The van der Waals surface area contributed by atoms with Crippen molar-refractivity contribution in [3.8, 4) is 5.75 Å². The summed E-state index contributed by atoms with van der Waals surface area (Å²) in [6.07, 6.45) is 0.807. The van der Waals surface area contributed by atoms with Crippen LogP contribution in [0.5, 0.6) is 5.75 Å². The van der Waals surface area contributed by atoms with Crippen molar-refractivity contribution in [3.05, 3.63) is 29.5 Å². The van der Waals surface area contributed by atoms with E-state index in [9.17, 15) is 0 Å². The molecular formula is C10H12CdNOS-. The van der Waals surface area contributed by atoms with Gasteiger partial charge in [-0.25, -0.2) is 0 Å². The van der Waals surface area contributed by atoms with Gasteiger partial charge in [-0.15, -0.1) is 6.04 Å². The van der Waals surface area contributed by atoms with Crippen molar-refractivity contribution in [2.24, 2.45) is 0 Å². The Morgan fingerprint density at radius 3 is 3.07 bits per heavy atom. The Balaban J connectivity index is 0.000000980. The molecule has 0 amide bonds. The van der Waals surface area contributed by atoms with E-state index >= 15 is 0 Å².